The monoisotopic (exact) mass is 302 g/mol. The number of hydrogen-bond donors (Lipinski definition) is 2. The fourth-order valence-corrected chi connectivity index (χ4v) is 2.48. The number of benzene rings is 2. The van der Waals surface area contributed by atoms with Crippen molar-refractivity contribution in [1.82, 2.24) is 5.32 Å². The molecule has 2 aromatic carbocycles. The number of amides is 1. The van der Waals surface area contributed by atoms with Crippen LogP contribution >= 0.6 is 11.6 Å². The highest BCUT2D eigenvalue weighted by Gasteiger charge is 2.18. The molecule has 1 amide bonds. The second kappa shape index (κ2) is 7.25. The van der Waals surface area contributed by atoms with Crippen LogP contribution in [0, 0.1) is 0 Å². The molecule has 0 aromatic heterocycles. The first-order valence-electron chi connectivity index (χ1n) is 6.92. The summed E-state index contributed by atoms with van der Waals surface area (Å²) in [5.74, 6) is -0.175. The van der Waals surface area contributed by atoms with Gasteiger partial charge in [0.1, 0.15) is 0 Å². The summed E-state index contributed by atoms with van der Waals surface area (Å²) < 4.78 is 0. The van der Waals surface area contributed by atoms with Gasteiger partial charge in [0.25, 0.3) is 0 Å². The molecule has 0 saturated heterocycles. The van der Waals surface area contributed by atoms with E-state index < -0.39 is 6.04 Å². The van der Waals surface area contributed by atoms with Gasteiger partial charge in [-0.2, -0.15) is 0 Å². The van der Waals surface area contributed by atoms with Gasteiger partial charge in [-0.25, -0.2) is 0 Å². The first-order chi connectivity index (χ1) is 10.1. The van der Waals surface area contributed by atoms with E-state index in [1.165, 1.54) is 0 Å². The fourth-order valence-electron chi connectivity index (χ4n) is 2.19. The number of nitrogens with one attached hydrogen (secondary N) is 1. The topological polar surface area (TPSA) is 55.1 Å². The first kappa shape index (κ1) is 15.5. The van der Waals surface area contributed by atoms with Crippen molar-refractivity contribution in [3.05, 3.63) is 70.7 Å². The smallest absolute Gasteiger partial charge is 0.237 e. The Morgan fingerprint density at radius 3 is 2.43 bits per heavy atom. The molecule has 2 aromatic rings. The highest BCUT2D eigenvalue weighted by Crippen LogP contribution is 2.22. The van der Waals surface area contributed by atoms with Gasteiger partial charge in [0.05, 0.1) is 12.1 Å². The minimum absolute atomic E-state index is 0.173. The lowest BCUT2D eigenvalue weighted by Crippen LogP contribution is -2.43. The number of nitrogens with two attached hydrogens (primary N) is 1. The van der Waals surface area contributed by atoms with Gasteiger partial charge in [-0.3, -0.25) is 4.79 Å². The van der Waals surface area contributed by atoms with Gasteiger partial charge in [0.2, 0.25) is 5.91 Å². The highest BCUT2D eigenvalue weighted by molar-refractivity contribution is 6.31. The quantitative estimate of drug-likeness (QED) is 0.892. The molecule has 0 aliphatic carbocycles. The molecule has 0 aliphatic heterocycles. The van der Waals surface area contributed by atoms with Crippen LogP contribution in [0.1, 0.15) is 24.1 Å². The number of halogens is 1. The van der Waals surface area contributed by atoms with Crippen molar-refractivity contribution in [2.24, 2.45) is 5.73 Å². The van der Waals surface area contributed by atoms with E-state index in [9.17, 15) is 4.79 Å². The summed E-state index contributed by atoms with van der Waals surface area (Å²) in [5, 5.41) is 3.55. The molecule has 2 atom stereocenters. The third-order valence-corrected chi connectivity index (χ3v) is 3.71. The summed E-state index contributed by atoms with van der Waals surface area (Å²) in [6.07, 6.45) is 0.516. The van der Waals surface area contributed by atoms with Crippen molar-refractivity contribution >= 4 is 17.5 Å². The van der Waals surface area contributed by atoms with Crippen LogP contribution in [0.4, 0.5) is 0 Å². The van der Waals surface area contributed by atoms with Gasteiger partial charge in [0, 0.05) is 5.02 Å². The fraction of sp³-hybridized carbons (Fsp3) is 0.235. The van der Waals surface area contributed by atoms with E-state index in [1.54, 1.807) is 0 Å². The van der Waals surface area contributed by atoms with Gasteiger partial charge in [-0.15, -0.1) is 0 Å². The molecular weight excluding hydrogens is 284 g/mol. The predicted molar refractivity (Wildman–Crippen MR) is 86.1 cm³/mol. The lowest BCUT2D eigenvalue weighted by molar-refractivity contribution is -0.123. The van der Waals surface area contributed by atoms with Crippen LogP contribution in [0.3, 0.4) is 0 Å². The number of carbonyl (C=O) groups is 1. The number of rotatable bonds is 5. The SMILES string of the molecule is C[C@H](NC(=O)[C@H](N)Cc1ccccc1)c1ccccc1Cl. The molecule has 0 saturated carbocycles. The Balaban J connectivity index is 1.96. The van der Waals surface area contributed by atoms with E-state index in [2.05, 4.69) is 5.32 Å². The van der Waals surface area contributed by atoms with Crippen molar-refractivity contribution in [1.29, 1.82) is 0 Å². The maximum Gasteiger partial charge on any atom is 0.237 e. The zero-order chi connectivity index (χ0) is 15.2. The van der Waals surface area contributed by atoms with E-state index in [-0.39, 0.29) is 11.9 Å². The van der Waals surface area contributed by atoms with Gasteiger partial charge in [-0.1, -0.05) is 60.1 Å². The summed E-state index contributed by atoms with van der Waals surface area (Å²) >= 11 is 6.13. The maximum absolute atomic E-state index is 12.2. The molecule has 0 radical (unpaired) electrons. The van der Waals surface area contributed by atoms with Gasteiger partial charge in [-0.05, 0) is 30.5 Å². The molecular formula is C17H19ClN2O. The van der Waals surface area contributed by atoms with E-state index in [0.717, 1.165) is 11.1 Å². The van der Waals surface area contributed by atoms with Crippen LogP contribution in [0.15, 0.2) is 54.6 Å². The van der Waals surface area contributed by atoms with Crippen molar-refractivity contribution in [2.45, 2.75) is 25.4 Å². The molecule has 0 heterocycles. The third kappa shape index (κ3) is 4.31. The lowest BCUT2D eigenvalue weighted by atomic mass is 10.0. The Morgan fingerprint density at radius 1 is 1.14 bits per heavy atom. The molecule has 3 nitrogen and oxygen atoms in total. The molecule has 0 aliphatic rings. The second-order valence-electron chi connectivity index (χ2n) is 5.05. The minimum atomic E-state index is -0.572. The number of hydrogen-bond acceptors (Lipinski definition) is 2. The Labute approximate surface area is 130 Å². The maximum atomic E-state index is 12.2. The number of carbonyl (C=O) groups excluding carboxylic acids is 1. The van der Waals surface area contributed by atoms with Crippen LogP contribution in [0.2, 0.25) is 5.02 Å². The Bertz CT molecular complexity index is 601. The second-order valence-corrected chi connectivity index (χ2v) is 5.46. The van der Waals surface area contributed by atoms with Crippen LogP contribution in [-0.2, 0) is 11.2 Å². The first-order valence-corrected chi connectivity index (χ1v) is 7.30. The van der Waals surface area contributed by atoms with Gasteiger partial charge >= 0.3 is 0 Å². The molecule has 0 spiro atoms. The largest absolute Gasteiger partial charge is 0.348 e. The third-order valence-electron chi connectivity index (χ3n) is 3.37. The zero-order valence-corrected chi connectivity index (χ0v) is 12.7. The Kier molecular flexibility index (Phi) is 5.37. The van der Waals surface area contributed by atoms with Crippen LogP contribution in [0.5, 0.6) is 0 Å². The highest BCUT2D eigenvalue weighted by atomic mass is 35.5. The minimum Gasteiger partial charge on any atom is -0.348 e. The standard InChI is InChI=1S/C17H19ClN2O/c1-12(14-9-5-6-10-15(14)18)20-17(21)16(19)11-13-7-3-2-4-8-13/h2-10,12,16H,11,19H2,1H3,(H,20,21)/t12-,16+/m0/s1. The lowest BCUT2D eigenvalue weighted by Gasteiger charge is -2.19. The summed E-state index contributed by atoms with van der Waals surface area (Å²) in [7, 11) is 0. The normalized spacial score (nSPS) is 13.5. The molecule has 0 fully saturated rings. The van der Waals surface area contributed by atoms with Crippen molar-refractivity contribution in [2.75, 3.05) is 0 Å². The predicted octanol–water partition coefficient (Wildman–Crippen LogP) is 3.09. The average molecular weight is 303 g/mol. The Hall–Kier alpha value is -1.84. The van der Waals surface area contributed by atoms with E-state index >= 15 is 0 Å². The summed E-state index contributed by atoms with van der Waals surface area (Å²) in [4.78, 5) is 12.2. The summed E-state index contributed by atoms with van der Waals surface area (Å²) in [6, 6.07) is 16.5. The van der Waals surface area contributed by atoms with Gasteiger partial charge < -0.3 is 11.1 Å². The average Bonchev–Trinajstić information content (AvgIpc) is 2.48. The molecule has 0 unspecified atom stereocenters. The van der Waals surface area contributed by atoms with E-state index in [4.69, 9.17) is 17.3 Å². The summed E-state index contributed by atoms with van der Waals surface area (Å²) in [5.41, 5.74) is 7.90. The van der Waals surface area contributed by atoms with Crippen LogP contribution in [0.25, 0.3) is 0 Å². The van der Waals surface area contributed by atoms with Crippen molar-refractivity contribution in [3.63, 3.8) is 0 Å². The van der Waals surface area contributed by atoms with E-state index in [1.807, 2.05) is 61.5 Å². The Morgan fingerprint density at radius 2 is 1.76 bits per heavy atom. The molecule has 2 rings (SSSR count). The molecule has 4 heteroatoms. The molecule has 3 N–H and O–H groups in total. The van der Waals surface area contributed by atoms with Gasteiger partial charge in [0.15, 0.2) is 0 Å². The molecule has 21 heavy (non-hydrogen) atoms. The van der Waals surface area contributed by atoms with E-state index in [0.29, 0.717) is 11.4 Å². The zero-order valence-electron chi connectivity index (χ0n) is 11.9. The molecule has 0 bridgehead atoms. The molecule has 110 valence electrons. The summed E-state index contributed by atoms with van der Waals surface area (Å²) in [6.45, 7) is 1.90. The van der Waals surface area contributed by atoms with Crippen molar-refractivity contribution in [3.8, 4) is 0 Å². The van der Waals surface area contributed by atoms with Crippen LogP contribution < -0.4 is 11.1 Å². The van der Waals surface area contributed by atoms with Crippen molar-refractivity contribution < 1.29 is 4.79 Å². The van der Waals surface area contributed by atoms with Crippen LogP contribution in [-0.4, -0.2) is 11.9 Å².